The van der Waals surface area contributed by atoms with Gasteiger partial charge in [0.15, 0.2) is 0 Å². The summed E-state index contributed by atoms with van der Waals surface area (Å²) in [6, 6.07) is 6.28. The van der Waals surface area contributed by atoms with E-state index in [1.165, 1.54) is 11.1 Å². The van der Waals surface area contributed by atoms with E-state index in [1.54, 1.807) is 4.68 Å². The third-order valence-electron chi connectivity index (χ3n) is 2.80. The lowest BCUT2D eigenvalue weighted by molar-refractivity contribution is 0.670. The molecule has 90 valence electrons. The lowest BCUT2D eigenvalue weighted by Gasteiger charge is -2.04. The topological polar surface area (TPSA) is 56.7 Å². The van der Waals surface area contributed by atoms with Gasteiger partial charge in [-0.05, 0) is 43.5 Å². The van der Waals surface area contributed by atoms with Gasteiger partial charge < -0.3 is 5.73 Å². The second-order valence-electron chi connectivity index (χ2n) is 4.45. The second-order valence-corrected chi connectivity index (χ2v) is 4.45. The molecular formula is C13H18N4. The van der Waals surface area contributed by atoms with Crippen LogP contribution in [-0.4, -0.2) is 15.0 Å². The molecule has 0 radical (unpaired) electrons. The molecule has 1 heterocycles. The zero-order valence-electron chi connectivity index (χ0n) is 10.5. The summed E-state index contributed by atoms with van der Waals surface area (Å²) in [4.78, 5) is 0. The van der Waals surface area contributed by atoms with Crippen molar-refractivity contribution in [3.05, 3.63) is 41.2 Å². The molecule has 0 fully saturated rings. The minimum Gasteiger partial charge on any atom is -0.323 e. The number of hydrogen-bond donors (Lipinski definition) is 1. The molecule has 0 spiro atoms. The predicted octanol–water partition coefficient (Wildman–Crippen LogP) is 2.29. The summed E-state index contributed by atoms with van der Waals surface area (Å²) in [5.41, 5.74) is 10.2. The molecule has 0 saturated carbocycles. The fourth-order valence-electron chi connectivity index (χ4n) is 1.86. The lowest BCUT2D eigenvalue weighted by atomic mass is 10.1. The van der Waals surface area contributed by atoms with Crippen molar-refractivity contribution in [2.45, 2.75) is 33.2 Å². The highest BCUT2D eigenvalue weighted by atomic mass is 15.4. The van der Waals surface area contributed by atoms with Gasteiger partial charge in [-0.25, -0.2) is 4.68 Å². The van der Waals surface area contributed by atoms with Crippen LogP contribution in [0.3, 0.4) is 0 Å². The smallest absolute Gasteiger partial charge is 0.0998 e. The van der Waals surface area contributed by atoms with Crippen LogP contribution in [0, 0.1) is 13.8 Å². The third-order valence-corrected chi connectivity index (χ3v) is 2.80. The number of aromatic nitrogens is 3. The average Bonchev–Trinajstić information content (AvgIpc) is 2.76. The van der Waals surface area contributed by atoms with Crippen LogP contribution in [0.5, 0.6) is 0 Å². The van der Waals surface area contributed by atoms with Gasteiger partial charge in [-0.1, -0.05) is 18.2 Å². The summed E-state index contributed by atoms with van der Waals surface area (Å²) in [6.45, 7) is 6.19. The molecule has 2 N–H and O–H groups in total. The molecule has 0 saturated heterocycles. The van der Waals surface area contributed by atoms with Crippen LogP contribution in [0.1, 0.15) is 36.2 Å². The average molecular weight is 230 g/mol. The van der Waals surface area contributed by atoms with E-state index in [1.807, 2.05) is 13.1 Å². The Kier molecular flexibility index (Phi) is 3.24. The largest absolute Gasteiger partial charge is 0.323 e. The molecule has 17 heavy (non-hydrogen) atoms. The van der Waals surface area contributed by atoms with Gasteiger partial charge >= 0.3 is 0 Å². The van der Waals surface area contributed by atoms with Crippen LogP contribution in [0.15, 0.2) is 24.4 Å². The van der Waals surface area contributed by atoms with E-state index in [9.17, 15) is 0 Å². The molecule has 0 aliphatic carbocycles. The zero-order chi connectivity index (χ0) is 12.4. The number of rotatable bonds is 3. The summed E-state index contributed by atoms with van der Waals surface area (Å²) in [7, 11) is 0. The molecule has 1 aromatic carbocycles. The van der Waals surface area contributed by atoms with Crippen LogP contribution in [-0.2, 0) is 0 Å². The highest BCUT2D eigenvalue weighted by Gasteiger charge is 2.09. The van der Waals surface area contributed by atoms with E-state index in [4.69, 9.17) is 5.73 Å². The summed E-state index contributed by atoms with van der Waals surface area (Å²) < 4.78 is 1.78. The van der Waals surface area contributed by atoms with E-state index < -0.39 is 0 Å². The van der Waals surface area contributed by atoms with Crippen LogP contribution in [0.25, 0.3) is 5.69 Å². The molecule has 0 bridgehead atoms. The Morgan fingerprint density at radius 1 is 1.24 bits per heavy atom. The first-order valence-corrected chi connectivity index (χ1v) is 5.86. The van der Waals surface area contributed by atoms with Gasteiger partial charge in [0.1, 0.15) is 0 Å². The number of nitrogens with two attached hydrogens (primary N) is 1. The maximum absolute atomic E-state index is 5.93. The zero-order valence-corrected chi connectivity index (χ0v) is 10.5. The van der Waals surface area contributed by atoms with E-state index in [-0.39, 0.29) is 6.04 Å². The van der Waals surface area contributed by atoms with Crippen LogP contribution in [0.4, 0.5) is 0 Å². The van der Waals surface area contributed by atoms with Crippen LogP contribution < -0.4 is 5.73 Å². The summed E-state index contributed by atoms with van der Waals surface area (Å²) in [5.74, 6) is 0. The highest BCUT2D eigenvalue weighted by molar-refractivity contribution is 5.38. The molecular weight excluding hydrogens is 212 g/mol. The van der Waals surface area contributed by atoms with E-state index >= 15 is 0 Å². The maximum atomic E-state index is 5.93. The standard InChI is InChI=1S/C13H18N4/c1-4-12(14)13-8-17(16-15-13)11-6-9(2)5-10(3)7-11/h5-8,12H,4,14H2,1-3H3. The van der Waals surface area contributed by atoms with Gasteiger partial charge in [-0.3, -0.25) is 0 Å². The Morgan fingerprint density at radius 3 is 2.47 bits per heavy atom. The molecule has 1 atom stereocenters. The molecule has 0 amide bonds. The summed E-state index contributed by atoms with van der Waals surface area (Å²) >= 11 is 0. The van der Waals surface area contributed by atoms with Crippen molar-refractivity contribution in [1.82, 2.24) is 15.0 Å². The van der Waals surface area contributed by atoms with Crippen molar-refractivity contribution in [2.24, 2.45) is 5.73 Å². The first-order valence-electron chi connectivity index (χ1n) is 5.86. The third kappa shape index (κ3) is 2.53. The maximum Gasteiger partial charge on any atom is 0.0998 e. The van der Waals surface area contributed by atoms with Gasteiger partial charge in [-0.2, -0.15) is 0 Å². The molecule has 1 unspecified atom stereocenters. The fraction of sp³-hybridized carbons (Fsp3) is 0.385. The van der Waals surface area contributed by atoms with Gasteiger partial charge in [0.05, 0.1) is 23.6 Å². The number of benzene rings is 1. The predicted molar refractivity (Wildman–Crippen MR) is 68.1 cm³/mol. The van der Waals surface area contributed by atoms with Crippen molar-refractivity contribution in [2.75, 3.05) is 0 Å². The van der Waals surface area contributed by atoms with Gasteiger partial charge in [-0.15, -0.1) is 5.10 Å². The van der Waals surface area contributed by atoms with Crippen molar-refractivity contribution in [1.29, 1.82) is 0 Å². The van der Waals surface area contributed by atoms with Crippen molar-refractivity contribution >= 4 is 0 Å². The molecule has 1 aromatic heterocycles. The molecule has 4 nitrogen and oxygen atoms in total. The molecule has 2 rings (SSSR count). The Balaban J connectivity index is 2.36. The first-order chi connectivity index (χ1) is 8.10. The van der Waals surface area contributed by atoms with E-state index in [0.717, 1.165) is 17.8 Å². The molecule has 0 aliphatic heterocycles. The Labute approximate surface area is 101 Å². The number of hydrogen-bond acceptors (Lipinski definition) is 3. The molecule has 2 aromatic rings. The minimum atomic E-state index is -0.0327. The van der Waals surface area contributed by atoms with Crippen molar-refractivity contribution in [3.8, 4) is 5.69 Å². The Bertz CT molecular complexity index is 496. The summed E-state index contributed by atoms with van der Waals surface area (Å²) in [5, 5.41) is 8.23. The van der Waals surface area contributed by atoms with Crippen LogP contribution >= 0.6 is 0 Å². The molecule has 0 aliphatic rings. The monoisotopic (exact) mass is 230 g/mol. The lowest BCUT2D eigenvalue weighted by Crippen LogP contribution is -2.08. The summed E-state index contributed by atoms with van der Waals surface area (Å²) in [6.07, 6.45) is 2.77. The number of nitrogens with zero attached hydrogens (tertiary/aromatic N) is 3. The van der Waals surface area contributed by atoms with E-state index in [2.05, 4.69) is 42.4 Å². The first kappa shape index (κ1) is 11.8. The normalized spacial score (nSPS) is 12.7. The number of aryl methyl sites for hydroxylation is 2. The second kappa shape index (κ2) is 4.67. The highest BCUT2D eigenvalue weighted by Crippen LogP contribution is 2.15. The van der Waals surface area contributed by atoms with Gasteiger partial charge in [0.25, 0.3) is 0 Å². The Morgan fingerprint density at radius 2 is 1.88 bits per heavy atom. The fourth-order valence-corrected chi connectivity index (χ4v) is 1.86. The van der Waals surface area contributed by atoms with Gasteiger partial charge in [0.2, 0.25) is 0 Å². The minimum absolute atomic E-state index is 0.0327. The quantitative estimate of drug-likeness (QED) is 0.880. The molecule has 4 heteroatoms. The van der Waals surface area contributed by atoms with Crippen molar-refractivity contribution in [3.63, 3.8) is 0 Å². The van der Waals surface area contributed by atoms with Crippen LogP contribution in [0.2, 0.25) is 0 Å². The Hall–Kier alpha value is -1.68. The van der Waals surface area contributed by atoms with E-state index in [0.29, 0.717) is 0 Å². The van der Waals surface area contributed by atoms with Gasteiger partial charge in [0, 0.05) is 0 Å². The van der Waals surface area contributed by atoms with Crippen molar-refractivity contribution < 1.29 is 0 Å². The SMILES string of the molecule is CCC(N)c1cn(-c2cc(C)cc(C)c2)nn1.